The average molecular weight is 586 g/mol. The van der Waals surface area contributed by atoms with E-state index in [1.54, 1.807) is 0 Å². The molecule has 0 bridgehead atoms. The number of aromatic amines is 1. The van der Waals surface area contributed by atoms with E-state index in [0.29, 0.717) is 0 Å². The van der Waals surface area contributed by atoms with Crippen molar-refractivity contribution in [1.29, 1.82) is 0 Å². The van der Waals surface area contributed by atoms with Crippen LogP contribution in [0, 0.1) is 0 Å². The predicted octanol–water partition coefficient (Wildman–Crippen LogP) is 12.5. The van der Waals surface area contributed by atoms with Gasteiger partial charge in [-0.3, -0.25) is 0 Å². The number of rotatable bonds is 3. The number of para-hydroxylation sites is 2. The maximum atomic E-state index is 6.08. The van der Waals surface area contributed by atoms with Crippen LogP contribution in [0.15, 0.2) is 162 Å². The van der Waals surface area contributed by atoms with Gasteiger partial charge < -0.3 is 9.40 Å². The zero-order valence-electron chi connectivity index (χ0n) is 24.9. The maximum absolute atomic E-state index is 6.08. The second-order valence-electron chi connectivity index (χ2n) is 12.2. The lowest BCUT2D eigenvalue weighted by Crippen LogP contribution is -1.85. The van der Waals surface area contributed by atoms with E-state index in [0.717, 1.165) is 21.9 Å². The quantitative estimate of drug-likeness (QED) is 0.205. The molecule has 2 heteroatoms. The Hall–Kier alpha value is -6.12. The van der Waals surface area contributed by atoms with Crippen LogP contribution in [0.2, 0.25) is 0 Å². The second kappa shape index (κ2) is 9.69. The largest absolute Gasteiger partial charge is 0.456 e. The molecule has 46 heavy (non-hydrogen) atoms. The third kappa shape index (κ3) is 3.71. The van der Waals surface area contributed by atoms with Crippen LogP contribution in [-0.2, 0) is 0 Å². The number of benzene rings is 8. The van der Waals surface area contributed by atoms with Crippen molar-refractivity contribution in [2.75, 3.05) is 0 Å². The van der Waals surface area contributed by atoms with Gasteiger partial charge in [0.05, 0.1) is 11.0 Å². The number of H-pyrrole nitrogens is 1. The molecule has 0 aliphatic rings. The zero-order chi connectivity index (χ0) is 30.2. The van der Waals surface area contributed by atoms with E-state index in [4.69, 9.17) is 4.42 Å². The Bertz CT molecular complexity index is 2810. The highest BCUT2D eigenvalue weighted by Crippen LogP contribution is 2.42. The first kappa shape index (κ1) is 25.2. The molecule has 2 nitrogen and oxygen atoms in total. The lowest BCUT2D eigenvalue weighted by atomic mass is 9.94. The van der Waals surface area contributed by atoms with Gasteiger partial charge in [-0.2, -0.15) is 0 Å². The van der Waals surface area contributed by atoms with Crippen molar-refractivity contribution < 1.29 is 4.42 Å². The van der Waals surface area contributed by atoms with Crippen LogP contribution in [0.3, 0.4) is 0 Å². The van der Waals surface area contributed by atoms with Gasteiger partial charge in [0.25, 0.3) is 0 Å². The van der Waals surface area contributed by atoms with Crippen LogP contribution >= 0.6 is 0 Å². The van der Waals surface area contributed by atoms with Gasteiger partial charge in [0.15, 0.2) is 0 Å². The molecule has 1 N–H and O–H groups in total. The highest BCUT2D eigenvalue weighted by molar-refractivity contribution is 6.32. The summed E-state index contributed by atoms with van der Waals surface area (Å²) in [5.41, 5.74) is 11.4. The van der Waals surface area contributed by atoms with Crippen molar-refractivity contribution in [3.05, 3.63) is 158 Å². The SMILES string of the molecule is c1cc(-c2cccc(-c3cccc4c3[nH]c3c5ccccc5c5ccccc5c43)c2)cc(-c2ccc3oc4ccccc4c3c2)c1. The van der Waals surface area contributed by atoms with Crippen molar-refractivity contribution in [3.8, 4) is 33.4 Å². The molecule has 0 spiro atoms. The normalized spacial score (nSPS) is 11.9. The average Bonchev–Trinajstić information content (AvgIpc) is 3.71. The van der Waals surface area contributed by atoms with Gasteiger partial charge in [-0.1, -0.05) is 127 Å². The molecule has 0 radical (unpaired) electrons. The first-order valence-corrected chi connectivity index (χ1v) is 15.8. The number of furan rings is 1. The van der Waals surface area contributed by atoms with E-state index < -0.39 is 0 Å². The predicted molar refractivity (Wildman–Crippen MR) is 194 cm³/mol. The molecular formula is C44H27NO. The lowest BCUT2D eigenvalue weighted by molar-refractivity contribution is 0.669. The number of aromatic nitrogens is 1. The smallest absolute Gasteiger partial charge is 0.135 e. The summed E-state index contributed by atoms with van der Waals surface area (Å²) in [6.07, 6.45) is 0. The minimum atomic E-state index is 0.918. The summed E-state index contributed by atoms with van der Waals surface area (Å²) in [4.78, 5) is 3.89. The van der Waals surface area contributed by atoms with Crippen molar-refractivity contribution in [2.45, 2.75) is 0 Å². The highest BCUT2D eigenvalue weighted by Gasteiger charge is 2.16. The Balaban J connectivity index is 1.12. The van der Waals surface area contributed by atoms with Gasteiger partial charge in [-0.25, -0.2) is 0 Å². The summed E-state index contributed by atoms with van der Waals surface area (Å²) in [6.45, 7) is 0. The molecule has 0 atom stereocenters. The van der Waals surface area contributed by atoms with E-state index in [1.165, 1.54) is 76.7 Å². The number of nitrogens with one attached hydrogen (secondary N) is 1. The molecule has 0 unspecified atom stereocenters. The Morgan fingerprint density at radius 3 is 1.65 bits per heavy atom. The molecule has 0 amide bonds. The monoisotopic (exact) mass is 585 g/mol. The first-order valence-electron chi connectivity index (χ1n) is 15.8. The Morgan fingerprint density at radius 1 is 0.326 bits per heavy atom. The third-order valence-corrected chi connectivity index (χ3v) is 9.60. The third-order valence-electron chi connectivity index (χ3n) is 9.60. The van der Waals surface area contributed by atoms with Gasteiger partial charge in [0.2, 0.25) is 0 Å². The van der Waals surface area contributed by atoms with Crippen LogP contribution in [-0.4, -0.2) is 4.98 Å². The van der Waals surface area contributed by atoms with E-state index in [-0.39, 0.29) is 0 Å². The number of fused-ring (bicyclic) bond motifs is 11. The fourth-order valence-corrected chi connectivity index (χ4v) is 7.46. The minimum Gasteiger partial charge on any atom is -0.456 e. The molecule has 2 heterocycles. The second-order valence-corrected chi connectivity index (χ2v) is 12.2. The van der Waals surface area contributed by atoms with Gasteiger partial charge in [-0.05, 0) is 74.3 Å². The molecule has 10 aromatic rings. The molecule has 0 aliphatic carbocycles. The molecule has 0 aliphatic heterocycles. The summed E-state index contributed by atoms with van der Waals surface area (Å²) in [6, 6.07) is 56.7. The number of hydrogen-bond acceptors (Lipinski definition) is 1. The molecular weight excluding hydrogens is 558 g/mol. The minimum absolute atomic E-state index is 0.918. The fourth-order valence-electron chi connectivity index (χ4n) is 7.46. The van der Waals surface area contributed by atoms with Crippen LogP contribution in [0.25, 0.3) is 98.7 Å². The van der Waals surface area contributed by atoms with E-state index in [1.807, 2.05) is 12.1 Å². The Morgan fingerprint density at radius 2 is 0.870 bits per heavy atom. The summed E-state index contributed by atoms with van der Waals surface area (Å²) in [7, 11) is 0. The van der Waals surface area contributed by atoms with Crippen molar-refractivity contribution >= 4 is 65.3 Å². The topological polar surface area (TPSA) is 28.9 Å². The molecule has 0 saturated carbocycles. The molecule has 10 rings (SSSR count). The van der Waals surface area contributed by atoms with E-state index in [9.17, 15) is 0 Å². The fraction of sp³-hybridized carbons (Fsp3) is 0. The van der Waals surface area contributed by atoms with Gasteiger partial charge in [-0.15, -0.1) is 0 Å². The maximum Gasteiger partial charge on any atom is 0.135 e. The van der Waals surface area contributed by atoms with Crippen molar-refractivity contribution in [1.82, 2.24) is 4.98 Å². The lowest BCUT2D eigenvalue weighted by Gasteiger charge is -2.10. The summed E-state index contributed by atoms with van der Waals surface area (Å²) in [5, 5.41) is 9.95. The Kier molecular flexibility index (Phi) is 5.31. The van der Waals surface area contributed by atoms with E-state index >= 15 is 0 Å². The summed E-state index contributed by atoms with van der Waals surface area (Å²) < 4.78 is 6.08. The van der Waals surface area contributed by atoms with Crippen molar-refractivity contribution in [2.24, 2.45) is 0 Å². The van der Waals surface area contributed by atoms with Gasteiger partial charge >= 0.3 is 0 Å². The molecule has 0 fully saturated rings. The van der Waals surface area contributed by atoms with Crippen LogP contribution < -0.4 is 0 Å². The number of hydrogen-bond donors (Lipinski definition) is 1. The zero-order valence-corrected chi connectivity index (χ0v) is 24.9. The van der Waals surface area contributed by atoms with Gasteiger partial charge in [0.1, 0.15) is 11.2 Å². The first-order chi connectivity index (χ1) is 22.8. The summed E-state index contributed by atoms with van der Waals surface area (Å²) in [5.74, 6) is 0. The van der Waals surface area contributed by atoms with Crippen molar-refractivity contribution in [3.63, 3.8) is 0 Å². The molecule has 214 valence electrons. The van der Waals surface area contributed by atoms with Crippen LogP contribution in [0.1, 0.15) is 0 Å². The molecule has 2 aromatic heterocycles. The molecule has 8 aromatic carbocycles. The van der Waals surface area contributed by atoms with E-state index in [2.05, 4.69) is 151 Å². The summed E-state index contributed by atoms with van der Waals surface area (Å²) >= 11 is 0. The van der Waals surface area contributed by atoms with Gasteiger partial charge in [0, 0.05) is 32.5 Å². The molecule has 0 saturated heterocycles. The van der Waals surface area contributed by atoms with Crippen LogP contribution in [0.5, 0.6) is 0 Å². The Labute approximate surface area is 265 Å². The van der Waals surface area contributed by atoms with Crippen LogP contribution in [0.4, 0.5) is 0 Å². The highest BCUT2D eigenvalue weighted by atomic mass is 16.3. The standard InChI is InChI=1S/C44H27NO/c1-3-17-36-33(14-1)34-15-2-4-18-37(34)44-42(36)38-20-9-19-32(43(38)45-44)31-13-8-12-29(25-31)27-10-7-11-28(24-27)30-22-23-41-39(26-30)35-16-5-6-21-40(35)46-41/h1-26,45H.